The average Bonchev–Trinajstić information content (AvgIpc) is 3.11. The summed E-state index contributed by atoms with van der Waals surface area (Å²) < 4.78 is 44.2. The number of nitrogens with zero attached hydrogens (tertiary/aromatic N) is 3. The number of ether oxygens (including phenoxy) is 1. The monoisotopic (exact) mass is 512 g/mol. The van der Waals surface area contributed by atoms with Crippen molar-refractivity contribution in [3.05, 3.63) is 24.4 Å². The highest BCUT2D eigenvalue weighted by Crippen LogP contribution is 2.39. The van der Waals surface area contributed by atoms with Crippen LogP contribution in [0.4, 0.5) is 13.2 Å². The fraction of sp³-hybridized carbons (Fsp3) is 0.684. The van der Waals surface area contributed by atoms with E-state index >= 15 is 0 Å². The number of aromatic nitrogens is 1. The van der Waals surface area contributed by atoms with Crippen molar-refractivity contribution >= 4 is 29.9 Å². The third-order valence-corrected chi connectivity index (χ3v) is 5.44. The Balaban J connectivity index is 0.00000280. The van der Waals surface area contributed by atoms with E-state index in [1.807, 2.05) is 18.2 Å². The maximum atomic E-state index is 12.8. The Morgan fingerprint density at radius 3 is 2.61 bits per heavy atom. The van der Waals surface area contributed by atoms with Crippen LogP contribution < -0.4 is 10.1 Å². The van der Waals surface area contributed by atoms with Gasteiger partial charge in [-0.25, -0.2) is 4.98 Å². The van der Waals surface area contributed by atoms with Gasteiger partial charge in [-0.2, -0.15) is 13.2 Å². The molecule has 0 amide bonds. The third-order valence-electron chi connectivity index (χ3n) is 5.44. The van der Waals surface area contributed by atoms with Crippen LogP contribution in [0.1, 0.15) is 32.1 Å². The molecule has 1 atom stereocenters. The lowest BCUT2D eigenvalue weighted by atomic mass is 9.81. The molecule has 1 unspecified atom stereocenters. The van der Waals surface area contributed by atoms with Gasteiger partial charge >= 0.3 is 6.18 Å². The predicted molar refractivity (Wildman–Crippen MR) is 113 cm³/mol. The molecule has 1 aromatic heterocycles. The highest BCUT2D eigenvalue weighted by molar-refractivity contribution is 14.0. The van der Waals surface area contributed by atoms with Gasteiger partial charge in [0.1, 0.15) is 6.10 Å². The maximum absolute atomic E-state index is 12.8. The molecule has 1 N–H and O–H groups in total. The van der Waals surface area contributed by atoms with Crippen molar-refractivity contribution in [3.63, 3.8) is 0 Å². The fourth-order valence-electron chi connectivity index (χ4n) is 3.87. The van der Waals surface area contributed by atoms with Crippen molar-refractivity contribution < 1.29 is 17.9 Å². The smallest absolute Gasteiger partial charge is 0.391 e. The number of rotatable bonds is 4. The zero-order valence-corrected chi connectivity index (χ0v) is 18.3. The lowest BCUT2D eigenvalue weighted by Gasteiger charge is -2.31. The zero-order valence-electron chi connectivity index (χ0n) is 16.0. The first kappa shape index (κ1) is 23.0. The topological polar surface area (TPSA) is 49.8 Å². The van der Waals surface area contributed by atoms with E-state index in [0.717, 1.165) is 25.5 Å². The number of guanidine groups is 1. The number of hydrogen-bond acceptors (Lipinski definition) is 3. The summed E-state index contributed by atoms with van der Waals surface area (Å²) in [7, 11) is 1.73. The molecule has 3 rings (SSSR count). The molecule has 0 spiro atoms. The van der Waals surface area contributed by atoms with Gasteiger partial charge in [-0.3, -0.25) is 4.99 Å². The summed E-state index contributed by atoms with van der Waals surface area (Å²) in [6, 6.07) is 5.58. The summed E-state index contributed by atoms with van der Waals surface area (Å²) in [4.78, 5) is 10.7. The lowest BCUT2D eigenvalue weighted by Crippen LogP contribution is -2.43. The number of likely N-dealkylation sites (tertiary alicyclic amines) is 1. The molecular formula is C19H28F3IN4O. The number of hydrogen-bond donors (Lipinski definition) is 1. The Bertz CT molecular complexity index is 621. The number of nitrogens with one attached hydrogen (secondary N) is 1. The normalized spacial score (nSPS) is 25.9. The first-order valence-electron chi connectivity index (χ1n) is 9.55. The molecule has 1 aromatic rings. The minimum Gasteiger partial charge on any atom is -0.472 e. The van der Waals surface area contributed by atoms with Gasteiger partial charge in [0.05, 0.1) is 12.5 Å². The Labute approximate surface area is 181 Å². The average molecular weight is 512 g/mol. The van der Waals surface area contributed by atoms with Crippen LogP contribution in [0.3, 0.4) is 0 Å². The second kappa shape index (κ2) is 10.5. The quantitative estimate of drug-likeness (QED) is 0.375. The summed E-state index contributed by atoms with van der Waals surface area (Å²) in [6.45, 7) is 2.22. The molecule has 0 bridgehead atoms. The van der Waals surface area contributed by atoms with Crippen LogP contribution in [-0.4, -0.2) is 54.8 Å². The van der Waals surface area contributed by atoms with Crippen LogP contribution in [0, 0.1) is 11.8 Å². The van der Waals surface area contributed by atoms with Gasteiger partial charge in [0.15, 0.2) is 5.96 Å². The molecule has 0 aromatic carbocycles. The molecule has 0 radical (unpaired) electrons. The molecule has 158 valence electrons. The molecule has 2 heterocycles. The second-order valence-electron chi connectivity index (χ2n) is 7.33. The Hall–Kier alpha value is -1.26. The van der Waals surface area contributed by atoms with Crippen LogP contribution >= 0.6 is 24.0 Å². The van der Waals surface area contributed by atoms with Crippen LogP contribution in [0.2, 0.25) is 0 Å². The summed E-state index contributed by atoms with van der Waals surface area (Å²) in [6.07, 6.45) is 0.284. The molecule has 2 aliphatic rings. The molecule has 1 saturated heterocycles. The molecule has 9 heteroatoms. The van der Waals surface area contributed by atoms with Gasteiger partial charge in [-0.15, -0.1) is 24.0 Å². The number of alkyl halides is 3. The standard InChI is InChI=1S/C19H27F3N4O.HI/c1-23-18(25-12-14-5-7-15(8-6-14)19(20,21)22)26-11-9-16(13-26)27-17-4-2-3-10-24-17;/h2-4,10,14-16H,5-9,11-13H2,1H3,(H,23,25);1H. The highest BCUT2D eigenvalue weighted by atomic mass is 127. The number of halogens is 4. The molecule has 1 saturated carbocycles. The van der Waals surface area contributed by atoms with Crippen LogP contribution in [0.5, 0.6) is 5.88 Å². The SMILES string of the molecule is CN=C(NCC1CCC(C(F)(F)F)CC1)N1CCC(Oc2ccccn2)C1.I. The van der Waals surface area contributed by atoms with Crippen LogP contribution in [0.25, 0.3) is 0 Å². The van der Waals surface area contributed by atoms with Gasteiger partial charge < -0.3 is 15.0 Å². The zero-order chi connectivity index (χ0) is 19.3. The molecule has 28 heavy (non-hydrogen) atoms. The minimum absolute atomic E-state index is 0. The van der Waals surface area contributed by atoms with E-state index in [4.69, 9.17) is 4.74 Å². The lowest BCUT2D eigenvalue weighted by molar-refractivity contribution is -0.183. The van der Waals surface area contributed by atoms with E-state index in [-0.39, 0.29) is 48.8 Å². The van der Waals surface area contributed by atoms with E-state index in [9.17, 15) is 13.2 Å². The van der Waals surface area contributed by atoms with Gasteiger partial charge in [0.2, 0.25) is 5.88 Å². The second-order valence-corrected chi connectivity index (χ2v) is 7.33. The van der Waals surface area contributed by atoms with Gasteiger partial charge in [0, 0.05) is 38.8 Å². The van der Waals surface area contributed by atoms with Gasteiger partial charge in [-0.1, -0.05) is 6.07 Å². The first-order valence-corrected chi connectivity index (χ1v) is 9.55. The van der Waals surface area contributed by atoms with Crippen LogP contribution in [-0.2, 0) is 0 Å². The van der Waals surface area contributed by atoms with Crippen molar-refractivity contribution in [1.29, 1.82) is 0 Å². The number of pyridine rings is 1. The number of aliphatic imine (C=N–C) groups is 1. The third kappa shape index (κ3) is 6.38. The van der Waals surface area contributed by atoms with E-state index < -0.39 is 12.1 Å². The fourth-order valence-corrected chi connectivity index (χ4v) is 3.87. The Morgan fingerprint density at radius 2 is 2.00 bits per heavy atom. The van der Waals surface area contributed by atoms with Gasteiger partial charge in [0.25, 0.3) is 0 Å². The van der Waals surface area contributed by atoms with Gasteiger partial charge in [-0.05, 0) is 37.7 Å². The molecule has 2 fully saturated rings. The summed E-state index contributed by atoms with van der Waals surface area (Å²) in [5, 5.41) is 3.34. The van der Waals surface area contributed by atoms with E-state index in [1.165, 1.54) is 0 Å². The van der Waals surface area contributed by atoms with Crippen molar-refractivity contribution in [2.75, 3.05) is 26.7 Å². The highest BCUT2D eigenvalue weighted by Gasteiger charge is 2.41. The Kier molecular flexibility index (Phi) is 8.63. The summed E-state index contributed by atoms with van der Waals surface area (Å²) in [5.41, 5.74) is 0. The summed E-state index contributed by atoms with van der Waals surface area (Å²) in [5.74, 6) is 0.549. The molecule has 1 aliphatic heterocycles. The van der Waals surface area contributed by atoms with E-state index in [0.29, 0.717) is 25.3 Å². The van der Waals surface area contributed by atoms with Crippen molar-refractivity contribution in [2.24, 2.45) is 16.8 Å². The first-order chi connectivity index (χ1) is 13.0. The Morgan fingerprint density at radius 1 is 1.25 bits per heavy atom. The van der Waals surface area contributed by atoms with E-state index in [2.05, 4.69) is 20.2 Å². The molecule has 5 nitrogen and oxygen atoms in total. The van der Waals surface area contributed by atoms with Crippen molar-refractivity contribution in [1.82, 2.24) is 15.2 Å². The van der Waals surface area contributed by atoms with Crippen molar-refractivity contribution in [2.45, 2.75) is 44.4 Å². The van der Waals surface area contributed by atoms with Crippen molar-refractivity contribution in [3.8, 4) is 5.88 Å². The van der Waals surface area contributed by atoms with Crippen LogP contribution in [0.15, 0.2) is 29.4 Å². The predicted octanol–water partition coefficient (Wildman–Crippen LogP) is 4.10. The largest absolute Gasteiger partial charge is 0.472 e. The molecular weight excluding hydrogens is 484 g/mol. The summed E-state index contributed by atoms with van der Waals surface area (Å²) >= 11 is 0. The maximum Gasteiger partial charge on any atom is 0.391 e. The minimum atomic E-state index is -4.05. The van der Waals surface area contributed by atoms with E-state index in [1.54, 1.807) is 13.2 Å². The molecule has 1 aliphatic carbocycles.